The molecule has 0 fully saturated rings. The van der Waals surface area contributed by atoms with Gasteiger partial charge in [-0.3, -0.25) is 0 Å². The van der Waals surface area contributed by atoms with Gasteiger partial charge in [-0.25, -0.2) is 4.79 Å². The zero-order valence-electron chi connectivity index (χ0n) is 15.5. The molecule has 0 spiro atoms. The number of unbranched alkanes of at least 4 members (excludes halogenated alkanes) is 1. The first-order valence-corrected chi connectivity index (χ1v) is 8.94. The van der Waals surface area contributed by atoms with E-state index in [0.29, 0.717) is 12.2 Å². The quantitative estimate of drug-likeness (QED) is 0.560. The van der Waals surface area contributed by atoms with Gasteiger partial charge in [-0.15, -0.1) is 0 Å². The van der Waals surface area contributed by atoms with Gasteiger partial charge in [0.2, 0.25) is 0 Å². The summed E-state index contributed by atoms with van der Waals surface area (Å²) >= 11 is 0. The zero-order valence-corrected chi connectivity index (χ0v) is 15.5. The number of ether oxygens (including phenoxy) is 2. The summed E-state index contributed by atoms with van der Waals surface area (Å²) in [5.41, 5.74) is 3.26. The summed E-state index contributed by atoms with van der Waals surface area (Å²) in [5.74, 6) is 1.54. The van der Waals surface area contributed by atoms with Crippen molar-refractivity contribution in [2.24, 2.45) is 0 Å². The highest BCUT2D eigenvalue weighted by Crippen LogP contribution is 2.29. The zero-order chi connectivity index (χ0) is 18.5. The second-order valence-corrected chi connectivity index (χ2v) is 6.40. The lowest BCUT2D eigenvalue weighted by atomic mass is 10.0. The molecule has 3 aromatic rings. The van der Waals surface area contributed by atoms with E-state index in [0.717, 1.165) is 52.8 Å². The van der Waals surface area contributed by atoms with Gasteiger partial charge in [0.25, 0.3) is 0 Å². The topological polar surface area (TPSA) is 48.7 Å². The Labute approximate surface area is 153 Å². The van der Waals surface area contributed by atoms with E-state index in [9.17, 15) is 4.79 Å². The number of hydrogen-bond donors (Lipinski definition) is 0. The normalized spacial score (nSPS) is 10.9. The first kappa shape index (κ1) is 18.1. The second kappa shape index (κ2) is 8.09. The number of aryl methyl sites for hydroxylation is 2. The van der Waals surface area contributed by atoms with Crippen molar-refractivity contribution in [3.63, 3.8) is 0 Å². The summed E-state index contributed by atoms with van der Waals surface area (Å²) in [6.45, 7) is 4.51. The molecule has 0 saturated heterocycles. The van der Waals surface area contributed by atoms with Crippen LogP contribution in [0.15, 0.2) is 51.7 Å². The summed E-state index contributed by atoms with van der Waals surface area (Å²) in [6, 6.07) is 13.3. The first-order valence-electron chi connectivity index (χ1n) is 8.94. The molecule has 136 valence electrons. The monoisotopic (exact) mass is 352 g/mol. The van der Waals surface area contributed by atoms with Crippen LogP contribution in [0.5, 0.6) is 11.5 Å². The lowest BCUT2D eigenvalue weighted by Gasteiger charge is -2.12. The van der Waals surface area contributed by atoms with Crippen molar-refractivity contribution in [1.82, 2.24) is 0 Å². The molecule has 0 radical (unpaired) electrons. The minimum absolute atomic E-state index is 0.306. The van der Waals surface area contributed by atoms with Crippen LogP contribution < -0.4 is 15.1 Å². The van der Waals surface area contributed by atoms with Crippen molar-refractivity contribution in [3.05, 3.63) is 69.6 Å². The van der Waals surface area contributed by atoms with Crippen molar-refractivity contribution in [2.45, 2.75) is 39.7 Å². The molecule has 0 saturated carbocycles. The molecule has 0 aliphatic heterocycles. The Morgan fingerprint density at radius 3 is 2.54 bits per heavy atom. The molecule has 1 aromatic heterocycles. The van der Waals surface area contributed by atoms with E-state index in [4.69, 9.17) is 13.9 Å². The Morgan fingerprint density at radius 2 is 1.85 bits per heavy atom. The van der Waals surface area contributed by atoms with Crippen LogP contribution in [0.1, 0.15) is 36.5 Å². The summed E-state index contributed by atoms with van der Waals surface area (Å²) in [4.78, 5) is 12.0. The van der Waals surface area contributed by atoms with Gasteiger partial charge in [0, 0.05) is 17.0 Å². The molecule has 0 atom stereocenters. The highest BCUT2D eigenvalue weighted by atomic mass is 16.5. The van der Waals surface area contributed by atoms with Crippen LogP contribution in [0.4, 0.5) is 0 Å². The average Bonchev–Trinajstić information content (AvgIpc) is 2.66. The second-order valence-electron chi connectivity index (χ2n) is 6.40. The molecule has 0 amide bonds. The van der Waals surface area contributed by atoms with E-state index in [1.807, 2.05) is 43.3 Å². The third kappa shape index (κ3) is 3.90. The predicted octanol–water partition coefficient (Wildman–Crippen LogP) is 5.03. The molecular weight excluding hydrogens is 328 g/mol. The Morgan fingerprint density at radius 1 is 1.08 bits per heavy atom. The number of hydrogen-bond acceptors (Lipinski definition) is 4. The number of fused-ring (bicyclic) bond motifs is 1. The maximum absolute atomic E-state index is 12.0. The van der Waals surface area contributed by atoms with Gasteiger partial charge in [0.1, 0.15) is 23.7 Å². The Bertz CT molecular complexity index is 939. The van der Waals surface area contributed by atoms with E-state index >= 15 is 0 Å². The first-order chi connectivity index (χ1) is 12.6. The van der Waals surface area contributed by atoms with Gasteiger partial charge >= 0.3 is 5.63 Å². The molecule has 0 unspecified atom stereocenters. The third-order valence-electron chi connectivity index (χ3n) is 4.55. The smallest absolute Gasteiger partial charge is 0.336 e. The van der Waals surface area contributed by atoms with Gasteiger partial charge in [-0.2, -0.15) is 0 Å². The predicted molar refractivity (Wildman–Crippen MR) is 103 cm³/mol. The third-order valence-corrected chi connectivity index (χ3v) is 4.55. The Hall–Kier alpha value is -2.75. The Kier molecular flexibility index (Phi) is 5.61. The summed E-state index contributed by atoms with van der Waals surface area (Å²) in [5, 5.41) is 0.993. The van der Waals surface area contributed by atoms with E-state index < -0.39 is 0 Å². The minimum atomic E-state index is -0.306. The van der Waals surface area contributed by atoms with Gasteiger partial charge in [0.15, 0.2) is 0 Å². The average molecular weight is 352 g/mol. The lowest BCUT2D eigenvalue weighted by molar-refractivity contribution is 0.303. The van der Waals surface area contributed by atoms with Crippen LogP contribution in [0.25, 0.3) is 11.0 Å². The number of rotatable bonds is 7. The van der Waals surface area contributed by atoms with Crippen LogP contribution in [0, 0.1) is 6.92 Å². The van der Waals surface area contributed by atoms with Crippen molar-refractivity contribution in [1.29, 1.82) is 0 Å². The molecule has 4 heteroatoms. The standard InChI is InChI=1S/C22H24O4/c1-4-5-6-17-13-21(23)26-22-15(2)20(12-11-19(17)22)25-14-16-7-9-18(24-3)10-8-16/h7-13H,4-6,14H2,1-3H3. The van der Waals surface area contributed by atoms with Gasteiger partial charge in [-0.05, 0) is 55.2 Å². The van der Waals surface area contributed by atoms with Crippen LogP contribution in [-0.2, 0) is 13.0 Å². The highest BCUT2D eigenvalue weighted by Gasteiger charge is 2.12. The molecule has 4 nitrogen and oxygen atoms in total. The van der Waals surface area contributed by atoms with Gasteiger partial charge in [0.05, 0.1) is 7.11 Å². The minimum Gasteiger partial charge on any atom is -0.497 e. The fourth-order valence-corrected chi connectivity index (χ4v) is 3.02. The molecule has 26 heavy (non-hydrogen) atoms. The molecule has 0 bridgehead atoms. The van der Waals surface area contributed by atoms with Crippen LogP contribution >= 0.6 is 0 Å². The molecule has 0 aliphatic carbocycles. The largest absolute Gasteiger partial charge is 0.497 e. The van der Waals surface area contributed by atoms with Crippen LogP contribution in [0.2, 0.25) is 0 Å². The highest BCUT2D eigenvalue weighted by molar-refractivity contribution is 5.85. The van der Waals surface area contributed by atoms with Crippen molar-refractivity contribution in [3.8, 4) is 11.5 Å². The molecule has 0 aliphatic rings. The number of methoxy groups -OCH3 is 1. The molecule has 1 heterocycles. The summed E-state index contributed by atoms with van der Waals surface area (Å²) in [6.07, 6.45) is 3.02. The summed E-state index contributed by atoms with van der Waals surface area (Å²) in [7, 11) is 1.65. The van der Waals surface area contributed by atoms with Crippen molar-refractivity contribution >= 4 is 11.0 Å². The maximum atomic E-state index is 12.0. The molecular formula is C22H24O4. The maximum Gasteiger partial charge on any atom is 0.336 e. The SMILES string of the molecule is CCCCc1cc(=O)oc2c(C)c(OCc3ccc(OC)cc3)ccc12. The van der Waals surface area contributed by atoms with Gasteiger partial charge < -0.3 is 13.9 Å². The van der Waals surface area contributed by atoms with Crippen molar-refractivity contribution in [2.75, 3.05) is 7.11 Å². The van der Waals surface area contributed by atoms with Crippen molar-refractivity contribution < 1.29 is 13.9 Å². The lowest BCUT2D eigenvalue weighted by Crippen LogP contribution is -2.03. The van der Waals surface area contributed by atoms with Crippen LogP contribution in [0.3, 0.4) is 0 Å². The summed E-state index contributed by atoms with van der Waals surface area (Å²) < 4.78 is 16.6. The van der Waals surface area contributed by atoms with E-state index in [2.05, 4.69) is 6.92 Å². The number of benzene rings is 2. The van der Waals surface area contributed by atoms with Crippen LogP contribution in [-0.4, -0.2) is 7.11 Å². The fourth-order valence-electron chi connectivity index (χ4n) is 3.02. The van der Waals surface area contributed by atoms with E-state index in [1.54, 1.807) is 13.2 Å². The fraction of sp³-hybridized carbons (Fsp3) is 0.318. The molecule has 0 N–H and O–H groups in total. The Balaban J connectivity index is 1.87. The van der Waals surface area contributed by atoms with Gasteiger partial charge in [-0.1, -0.05) is 25.5 Å². The van der Waals surface area contributed by atoms with E-state index in [1.165, 1.54) is 0 Å². The van der Waals surface area contributed by atoms with E-state index in [-0.39, 0.29) is 5.63 Å². The molecule has 3 rings (SSSR count). The molecule has 2 aromatic carbocycles.